The lowest BCUT2D eigenvalue weighted by molar-refractivity contribution is 0.601. The number of anilines is 1. The summed E-state index contributed by atoms with van der Waals surface area (Å²) < 4.78 is 29.5. The maximum Gasteiger partial charge on any atom is 0.263 e. The molecule has 0 aliphatic carbocycles. The maximum atomic E-state index is 11.7. The van der Waals surface area contributed by atoms with E-state index in [-0.39, 0.29) is 22.4 Å². The third-order valence-electron chi connectivity index (χ3n) is 1.64. The third-order valence-corrected chi connectivity index (χ3v) is 3.70. The molecule has 0 unspecified atom stereocenters. The van der Waals surface area contributed by atoms with Crippen molar-refractivity contribution in [3.05, 3.63) is 36.7 Å². The van der Waals surface area contributed by atoms with Gasteiger partial charge in [0.25, 0.3) is 10.0 Å². The van der Waals surface area contributed by atoms with Crippen LogP contribution >= 0.6 is 23.9 Å². The van der Waals surface area contributed by atoms with E-state index < -0.39 is 10.0 Å². The molecule has 86 valence electrons. The van der Waals surface area contributed by atoms with Gasteiger partial charge in [0.05, 0.1) is 4.90 Å². The van der Waals surface area contributed by atoms with E-state index in [0.29, 0.717) is 0 Å². The van der Waals surface area contributed by atoms with Crippen LogP contribution in [0.15, 0.2) is 41.6 Å². The summed E-state index contributed by atoms with van der Waals surface area (Å²) in [7, 11) is -3.53. The van der Waals surface area contributed by atoms with Gasteiger partial charge in [-0.15, -0.1) is 12.4 Å². The average molecular weight is 278 g/mol. The molecule has 1 aromatic heterocycles. The zero-order chi connectivity index (χ0) is 10.7. The van der Waals surface area contributed by atoms with E-state index in [9.17, 15) is 8.42 Å². The molecule has 0 atom stereocenters. The van der Waals surface area contributed by atoms with Gasteiger partial charge in [-0.1, -0.05) is 18.2 Å². The molecule has 1 heterocycles. The largest absolute Gasteiger partial charge is 0.263 e. The molecule has 0 aliphatic heterocycles. The molecule has 0 bridgehead atoms. The van der Waals surface area contributed by atoms with Gasteiger partial charge in [0.1, 0.15) is 6.33 Å². The summed E-state index contributed by atoms with van der Waals surface area (Å²) in [6, 6.07) is 8.11. The molecule has 5 nitrogen and oxygen atoms in total. The molecular formula is C8H8ClN3O2S2. The van der Waals surface area contributed by atoms with Gasteiger partial charge in [-0.3, -0.25) is 4.72 Å². The number of aromatic nitrogens is 2. The first-order valence-corrected chi connectivity index (χ1v) is 6.29. The van der Waals surface area contributed by atoms with Crippen molar-refractivity contribution in [3.8, 4) is 0 Å². The molecule has 0 fully saturated rings. The van der Waals surface area contributed by atoms with Crippen LogP contribution in [0.2, 0.25) is 0 Å². The van der Waals surface area contributed by atoms with Crippen molar-refractivity contribution in [2.45, 2.75) is 4.90 Å². The molecule has 16 heavy (non-hydrogen) atoms. The lowest BCUT2D eigenvalue weighted by Crippen LogP contribution is -2.12. The van der Waals surface area contributed by atoms with Gasteiger partial charge >= 0.3 is 0 Å². The highest BCUT2D eigenvalue weighted by atomic mass is 35.5. The first-order chi connectivity index (χ1) is 7.18. The number of rotatable bonds is 3. The Hall–Kier alpha value is -1.18. The van der Waals surface area contributed by atoms with E-state index >= 15 is 0 Å². The SMILES string of the molecule is Cl.O=S(=O)(Nc1ncns1)c1ccccc1. The van der Waals surface area contributed by atoms with Gasteiger partial charge in [-0.05, 0) is 12.1 Å². The summed E-state index contributed by atoms with van der Waals surface area (Å²) >= 11 is 0.993. The highest BCUT2D eigenvalue weighted by Crippen LogP contribution is 2.15. The third kappa shape index (κ3) is 2.91. The van der Waals surface area contributed by atoms with E-state index in [1.807, 2.05) is 0 Å². The number of halogens is 1. The van der Waals surface area contributed by atoms with E-state index in [1.165, 1.54) is 18.5 Å². The second kappa shape index (κ2) is 5.24. The van der Waals surface area contributed by atoms with Crippen LogP contribution in [0.5, 0.6) is 0 Å². The number of sulfonamides is 1. The monoisotopic (exact) mass is 277 g/mol. The van der Waals surface area contributed by atoms with Crippen molar-refractivity contribution in [1.29, 1.82) is 0 Å². The Kier molecular flexibility index (Phi) is 4.22. The summed E-state index contributed by atoms with van der Waals surface area (Å²) in [5.41, 5.74) is 0. The zero-order valence-corrected chi connectivity index (χ0v) is 10.3. The summed E-state index contributed by atoms with van der Waals surface area (Å²) in [6.45, 7) is 0. The Balaban J connectivity index is 0.00000128. The molecule has 1 N–H and O–H groups in total. The van der Waals surface area contributed by atoms with Gasteiger partial charge in [0, 0.05) is 11.5 Å². The minimum absolute atomic E-state index is 0. The molecule has 0 spiro atoms. The van der Waals surface area contributed by atoms with Crippen LogP contribution in [-0.2, 0) is 10.0 Å². The number of benzene rings is 1. The Morgan fingerprint density at radius 1 is 1.19 bits per heavy atom. The summed E-state index contributed by atoms with van der Waals surface area (Å²) in [5.74, 6) is 0. The van der Waals surface area contributed by atoms with Gasteiger partial charge in [0.2, 0.25) is 5.13 Å². The lowest BCUT2D eigenvalue weighted by atomic mass is 10.4. The Labute approximate surface area is 103 Å². The maximum absolute atomic E-state index is 11.7. The van der Waals surface area contributed by atoms with Crippen molar-refractivity contribution in [2.75, 3.05) is 4.72 Å². The van der Waals surface area contributed by atoms with Crippen LogP contribution in [0.1, 0.15) is 0 Å². The van der Waals surface area contributed by atoms with E-state index in [4.69, 9.17) is 0 Å². The first kappa shape index (κ1) is 12.9. The zero-order valence-electron chi connectivity index (χ0n) is 7.90. The molecule has 2 aromatic rings. The fourth-order valence-corrected chi connectivity index (χ4v) is 2.67. The quantitative estimate of drug-likeness (QED) is 0.928. The van der Waals surface area contributed by atoms with Crippen molar-refractivity contribution >= 4 is 39.1 Å². The normalized spacial score (nSPS) is 10.5. The second-order valence-electron chi connectivity index (χ2n) is 2.66. The topological polar surface area (TPSA) is 72.0 Å². The van der Waals surface area contributed by atoms with E-state index in [2.05, 4.69) is 14.1 Å². The fraction of sp³-hybridized carbons (Fsp3) is 0. The van der Waals surface area contributed by atoms with Crippen LogP contribution in [0.4, 0.5) is 5.13 Å². The smallest absolute Gasteiger partial charge is 0.253 e. The minimum atomic E-state index is -3.53. The van der Waals surface area contributed by atoms with Crippen LogP contribution in [0.25, 0.3) is 0 Å². The van der Waals surface area contributed by atoms with Crippen molar-refractivity contribution in [2.24, 2.45) is 0 Å². The van der Waals surface area contributed by atoms with Crippen LogP contribution in [-0.4, -0.2) is 17.8 Å². The van der Waals surface area contributed by atoms with Crippen LogP contribution in [0.3, 0.4) is 0 Å². The summed E-state index contributed by atoms with van der Waals surface area (Å²) in [4.78, 5) is 3.95. The Morgan fingerprint density at radius 3 is 2.44 bits per heavy atom. The molecule has 1 aromatic carbocycles. The molecule has 8 heteroatoms. The van der Waals surface area contributed by atoms with Crippen molar-refractivity contribution in [1.82, 2.24) is 9.36 Å². The van der Waals surface area contributed by atoms with Gasteiger partial charge in [-0.2, -0.15) is 4.37 Å². The second-order valence-corrected chi connectivity index (χ2v) is 5.13. The highest BCUT2D eigenvalue weighted by molar-refractivity contribution is 7.93. The molecule has 0 aliphatic rings. The van der Waals surface area contributed by atoms with Crippen molar-refractivity contribution in [3.63, 3.8) is 0 Å². The molecule has 0 saturated carbocycles. The fourth-order valence-electron chi connectivity index (χ4n) is 0.992. The van der Waals surface area contributed by atoms with Gasteiger partial charge in [0.15, 0.2) is 0 Å². The minimum Gasteiger partial charge on any atom is -0.253 e. The van der Waals surface area contributed by atoms with Crippen molar-refractivity contribution < 1.29 is 8.42 Å². The molecular weight excluding hydrogens is 270 g/mol. The Bertz CT molecular complexity index is 528. The predicted molar refractivity (Wildman–Crippen MR) is 64.4 cm³/mol. The molecule has 0 radical (unpaired) electrons. The summed E-state index contributed by atoms with van der Waals surface area (Å²) in [5, 5.41) is 0.263. The number of nitrogens with one attached hydrogen (secondary N) is 1. The van der Waals surface area contributed by atoms with Crippen LogP contribution in [0, 0.1) is 0 Å². The molecule has 0 saturated heterocycles. The van der Waals surface area contributed by atoms with Gasteiger partial charge in [-0.25, -0.2) is 13.4 Å². The predicted octanol–water partition coefficient (Wildman–Crippen LogP) is 1.76. The molecule has 2 rings (SSSR count). The highest BCUT2D eigenvalue weighted by Gasteiger charge is 2.14. The van der Waals surface area contributed by atoms with Gasteiger partial charge < -0.3 is 0 Å². The molecule has 0 amide bonds. The lowest BCUT2D eigenvalue weighted by Gasteiger charge is -2.03. The standard InChI is InChI=1S/C8H7N3O2S2.ClH/c12-15(13,7-4-2-1-3-5-7)11-8-9-6-10-14-8;/h1-6H,(H,9,10,11);1H. The Morgan fingerprint density at radius 2 is 1.88 bits per heavy atom. The van der Waals surface area contributed by atoms with Crippen LogP contribution < -0.4 is 4.72 Å². The first-order valence-electron chi connectivity index (χ1n) is 4.03. The van der Waals surface area contributed by atoms with E-state index in [1.54, 1.807) is 18.2 Å². The summed E-state index contributed by atoms with van der Waals surface area (Å²) in [6.07, 6.45) is 1.30. The average Bonchev–Trinajstić information content (AvgIpc) is 2.71. The number of hydrogen-bond donors (Lipinski definition) is 1. The number of nitrogens with zero attached hydrogens (tertiary/aromatic N) is 2. The van der Waals surface area contributed by atoms with E-state index in [0.717, 1.165) is 11.5 Å². The number of hydrogen-bond acceptors (Lipinski definition) is 5.